The number of nitrogens with zero attached hydrogens (tertiary/aromatic N) is 8. The molecule has 506 valence electrons. The van der Waals surface area contributed by atoms with Gasteiger partial charge in [-0.25, -0.2) is 9.59 Å². The quantitative estimate of drug-likeness (QED) is 0.174. The van der Waals surface area contributed by atoms with Crippen molar-refractivity contribution in [2.75, 3.05) is 107 Å². The Bertz CT molecular complexity index is 2440. The number of pyridine rings is 3. The fourth-order valence-electron chi connectivity index (χ4n) is 7.77. The fourth-order valence-corrected chi connectivity index (χ4v) is 7.77. The van der Waals surface area contributed by atoms with Gasteiger partial charge in [0.15, 0.2) is 0 Å². The lowest BCUT2D eigenvalue weighted by atomic mass is 10.1. The van der Waals surface area contributed by atoms with Crippen LogP contribution in [-0.2, 0) is 33.6 Å². The van der Waals surface area contributed by atoms with Crippen LogP contribution < -0.4 is 49.5 Å². The summed E-state index contributed by atoms with van der Waals surface area (Å²) in [7, 11) is 9.21. The zero-order valence-corrected chi connectivity index (χ0v) is 53.7. The highest BCUT2D eigenvalue weighted by Crippen LogP contribution is 2.09. The standard InChI is InChI=1S/C7H13NO.3C6H6N2O.2C6H11NO.C5H10N2O.2C5H9NO.C4H7NO.C3H6N2O.C2H5NO2/c1-8-6-4-2-3-5-7(8)9;7-6(9)5-1-3-8-4-2-5;7-6(9)5-2-1-3-8-4-5;7-6(9)5-3-1-2-4-8-5;1-7-5-3-2-4-6(7)8;8-6-4-2-1-3-5-7-6;1-6-3-4-7(2)5(6)8;1-6-4-2-3-5(6)7;7-5-3-1-2-4-6-5;6-4-2-1-3-5-4;6-3-4-1-2-5-3;3-2(5)1-4/h2-6H2,1H3;3*1-4H,(H2,7,9);2-5H2,1H3;1-5H2,(H,7,8);3-4H2,1-2H3;2-4H2,1H3;1-4H2,(H,6,7);1-3H2,(H,5,6);1-2H2,(H2,4,5,6);4H,1H2,(H2,3,5). The molecule has 0 aromatic carbocycles. The number of nitrogens with two attached hydrogens (primary N) is 4. The van der Waals surface area contributed by atoms with Gasteiger partial charge < -0.3 is 79.1 Å². The Balaban J connectivity index is 0.000000974. The molecule has 0 atom stereocenters. The number of urea groups is 2. The maximum Gasteiger partial charge on any atom is 0.319 e. The third-order valence-corrected chi connectivity index (χ3v) is 13.2. The molecule has 30 heteroatoms. The second-order valence-electron chi connectivity index (χ2n) is 21.0. The molecule has 8 fully saturated rings. The third-order valence-electron chi connectivity index (χ3n) is 13.2. The number of likely N-dealkylation sites (N-methyl/N-ethyl adjacent to an activating group) is 2. The van der Waals surface area contributed by atoms with Crippen molar-refractivity contribution in [1.29, 1.82) is 0 Å². The second-order valence-corrected chi connectivity index (χ2v) is 21.0. The molecule has 11 heterocycles. The number of likely N-dealkylation sites (tertiary alicyclic amines) is 3. The van der Waals surface area contributed by atoms with Gasteiger partial charge in [-0.1, -0.05) is 18.9 Å². The van der Waals surface area contributed by atoms with Gasteiger partial charge in [-0.3, -0.25) is 62.9 Å². The van der Waals surface area contributed by atoms with Gasteiger partial charge in [-0.2, -0.15) is 0 Å². The molecular weight excluding hydrogens is 1180 g/mol. The van der Waals surface area contributed by atoms with Crippen LogP contribution in [0.25, 0.3) is 0 Å². The second kappa shape index (κ2) is 51.5. The molecule has 14 amide bonds. The third kappa shape index (κ3) is 44.7. The number of aromatic nitrogens is 3. The van der Waals surface area contributed by atoms with Crippen LogP contribution in [0.3, 0.4) is 0 Å². The number of primary amides is 4. The van der Waals surface area contributed by atoms with Crippen molar-refractivity contribution in [3.05, 3.63) is 90.3 Å². The van der Waals surface area contributed by atoms with Crippen molar-refractivity contribution in [2.24, 2.45) is 22.9 Å². The van der Waals surface area contributed by atoms with Gasteiger partial charge >= 0.3 is 12.1 Å². The molecule has 0 saturated carbocycles. The van der Waals surface area contributed by atoms with Crippen LogP contribution in [0.1, 0.15) is 147 Å². The van der Waals surface area contributed by atoms with E-state index in [1.165, 1.54) is 50.5 Å². The van der Waals surface area contributed by atoms with E-state index >= 15 is 0 Å². The molecule has 3 aromatic rings. The molecule has 14 N–H and O–H groups in total. The number of nitrogens with one attached hydrogen (secondary N) is 5. The number of carbonyl (C=O) groups is 12. The minimum atomic E-state index is -0.690. The number of rotatable bonds is 4. The van der Waals surface area contributed by atoms with Crippen LogP contribution in [0, 0.1) is 0 Å². The van der Waals surface area contributed by atoms with E-state index in [1.807, 2.05) is 40.1 Å². The van der Waals surface area contributed by atoms with Gasteiger partial charge in [-0.05, 0) is 101 Å². The predicted molar refractivity (Wildman–Crippen MR) is 342 cm³/mol. The molecule has 8 aliphatic heterocycles. The molecule has 11 rings (SSSR count). The first-order chi connectivity index (χ1) is 43.4. The summed E-state index contributed by atoms with van der Waals surface area (Å²) in [6.45, 7) is 8.27. The van der Waals surface area contributed by atoms with E-state index in [0.717, 1.165) is 155 Å². The monoisotopic (exact) mass is 1280 g/mol. The smallest absolute Gasteiger partial charge is 0.319 e. The number of aliphatic hydroxyl groups excluding tert-OH is 1. The predicted octanol–water partition coefficient (Wildman–Crippen LogP) is 1.03. The molecule has 0 aliphatic carbocycles. The van der Waals surface area contributed by atoms with E-state index in [1.54, 1.807) is 68.3 Å². The molecule has 0 unspecified atom stereocenters. The Morgan fingerprint density at radius 2 is 0.846 bits per heavy atom. The van der Waals surface area contributed by atoms with Gasteiger partial charge in [0.1, 0.15) is 12.3 Å². The Hall–Kier alpha value is -9.35. The zero-order valence-electron chi connectivity index (χ0n) is 53.7. The summed E-state index contributed by atoms with van der Waals surface area (Å²) in [4.78, 5) is 144. The summed E-state index contributed by atoms with van der Waals surface area (Å²) in [6, 6.07) is 11.5. The maximum absolute atomic E-state index is 10.9. The van der Waals surface area contributed by atoms with E-state index in [0.29, 0.717) is 34.5 Å². The normalized spacial score (nSPS) is 16.8. The lowest BCUT2D eigenvalue weighted by Crippen LogP contribution is -2.31. The number of carbonyl (C=O) groups excluding carboxylic acids is 12. The molecule has 0 radical (unpaired) electrons. The Kier molecular flexibility index (Phi) is 46.2. The molecule has 0 bridgehead atoms. The van der Waals surface area contributed by atoms with Gasteiger partial charge in [0, 0.05) is 176 Å². The molecule has 91 heavy (non-hydrogen) atoms. The number of hydrogen-bond acceptors (Lipinski definition) is 16. The molecule has 8 saturated heterocycles. The first-order valence-electron chi connectivity index (χ1n) is 30.4. The van der Waals surface area contributed by atoms with Crippen molar-refractivity contribution in [3.63, 3.8) is 0 Å². The first kappa shape index (κ1) is 81.7. The summed E-state index contributed by atoms with van der Waals surface area (Å²) in [5.74, 6) is -0.492. The SMILES string of the molecule is CN1CCCC1=O.CN1CCCCC1=O.CN1CCCCCC1=O.CN1CCN(C)C1=O.NC(=O)CO.NC(=O)c1ccccn1.NC(=O)c1cccnc1.NC(=O)c1ccncc1.O=C1CCCCCN1.O=C1CCCCN1.O=C1CCCN1.O=C1NCCN1. The van der Waals surface area contributed by atoms with Crippen molar-refractivity contribution >= 4 is 71.1 Å². The lowest BCUT2D eigenvalue weighted by Gasteiger charge is -2.21. The number of piperidine rings is 2. The van der Waals surface area contributed by atoms with Crippen LogP contribution in [0.5, 0.6) is 0 Å². The summed E-state index contributed by atoms with van der Waals surface area (Å²) in [5, 5.41) is 21.0. The van der Waals surface area contributed by atoms with Gasteiger partial charge in [0.2, 0.25) is 53.2 Å². The lowest BCUT2D eigenvalue weighted by molar-refractivity contribution is -0.132. The van der Waals surface area contributed by atoms with E-state index in [2.05, 4.69) is 47.3 Å². The van der Waals surface area contributed by atoms with Gasteiger partial charge in [0.05, 0.1) is 5.56 Å². The van der Waals surface area contributed by atoms with Crippen LogP contribution in [0.4, 0.5) is 9.59 Å². The first-order valence-corrected chi connectivity index (χ1v) is 30.4. The van der Waals surface area contributed by atoms with E-state index in [4.69, 9.17) is 22.3 Å². The van der Waals surface area contributed by atoms with Crippen molar-refractivity contribution < 1.29 is 62.6 Å². The van der Waals surface area contributed by atoms with Crippen LogP contribution in [0.15, 0.2) is 73.4 Å². The summed E-state index contributed by atoms with van der Waals surface area (Å²) in [6.07, 6.45) is 25.6. The average Bonchev–Trinajstić information content (AvgIpc) is 4.55. The Labute approximate surface area is 534 Å². The number of amides is 14. The summed E-state index contributed by atoms with van der Waals surface area (Å²) >= 11 is 0. The minimum absolute atomic E-state index is 0.0463. The van der Waals surface area contributed by atoms with E-state index in [-0.39, 0.29) is 29.8 Å². The maximum atomic E-state index is 10.9. The van der Waals surface area contributed by atoms with Crippen LogP contribution >= 0.6 is 0 Å². The highest BCUT2D eigenvalue weighted by Gasteiger charge is 2.20. The summed E-state index contributed by atoms with van der Waals surface area (Å²) in [5.41, 5.74) is 20.4. The molecule has 8 aliphatic rings. The molecular formula is C61H99N17O13. The highest BCUT2D eigenvalue weighted by atomic mass is 16.3. The average molecular weight is 1280 g/mol. The Morgan fingerprint density at radius 1 is 0.418 bits per heavy atom. The Morgan fingerprint density at radius 3 is 1.18 bits per heavy atom. The molecule has 3 aromatic heterocycles. The topological polar surface area (TPSA) is 444 Å². The van der Waals surface area contributed by atoms with Crippen molar-refractivity contribution in [2.45, 2.75) is 116 Å². The molecule has 30 nitrogen and oxygen atoms in total. The number of aliphatic hydroxyl groups is 1. The highest BCUT2D eigenvalue weighted by molar-refractivity contribution is 5.93. The van der Waals surface area contributed by atoms with Crippen LogP contribution in [0.2, 0.25) is 0 Å². The van der Waals surface area contributed by atoms with Gasteiger partial charge in [-0.15, -0.1) is 0 Å². The van der Waals surface area contributed by atoms with E-state index < -0.39 is 30.2 Å². The van der Waals surface area contributed by atoms with Crippen molar-refractivity contribution in [3.8, 4) is 0 Å². The summed E-state index contributed by atoms with van der Waals surface area (Å²) < 4.78 is 0. The molecule has 0 spiro atoms. The van der Waals surface area contributed by atoms with Crippen molar-refractivity contribution in [1.82, 2.24) is 66.0 Å². The largest absolute Gasteiger partial charge is 0.387 e. The van der Waals surface area contributed by atoms with E-state index in [9.17, 15) is 57.5 Å². The van der Waals surface area contributed by atoms with Crippen LogP contribution in [-0.4, -0.2) is 223 Å². The fraction of sp³-hybridized carbons (Fsp3) is 0.557. The zero-order chi connectivity index (χ0) is 68.2. The van der Waals surface area contributed by atoms with Gasteiger partial charge in [0.25, 0.3) is 5.91 Å². The number of hydrogen-bond donors (Lipinski definition) is 10. The minimum Gasteiger partial charge on any atom is -0.387 e.